The molecule has 106 valence electrons. The van der Waals surface area contributed by atoms with Crippen molar-refractivity contribution in [3.8, 4) is 5.75 Å². The van der Waals surface area contributed by atoms with Crippen molar-refractivity contribution in [2.24, 2.45) is 0 Å². The molecule has 20 heavy (non-hydrogen) atoms. The van der Waals surface area contributed by atoms with Crippen molar-refractivity contribution >= 4 is 15.9 Å². The Kier molecular flexibility index (Phi) is 5.24. The van der Waals surface area contributed by atoms with Gasteiger partial charge in [-0.25, -0.2) is 0 Å². The molecule has 0 aliphatic heterocycles. The molecule has 1 nitrogen and oxygen atoms in total. The fourth-order valence-corrected chi connectivity index (χ4v) is 2.97. The zero-order chi connectivity index (χ0) is 14.5. The van der Waals surface area contributed by atoms with E-state index >= 15 is 0 Å². The van der Waals surface area contributed by atoms with Gasteiger partial charge < -0.3 is 4.74 Å². The predicted molar refractivity (Wildman–Crippen MR) is 88.9 cm³/mol. The van der Waals surface area contributed by atoms with Crippen molar-refractivity contribution in [2.45, 2.75) is 32.0 Å². The van der Waals surface area contributed by atoms with Crippen LogP contribution in [0.25, 0.3) is 0 Å². The van der Waals surface area contributed by atoms with Gasteiger partial charge >= 0.3 is 0 Å². The molecule has 0 spiro atoms. The quantitative estimate of drug-likeness (QED) is 0.668. The highest BCUT2D eigenvalue weighted by Gasteiger charge is 2.14. The molecular weight excluding hydrogens is 312 g/mol. The van der Waals surface area contributed by atoms with Gasteiger partial charge in [-0.3, -0.25) is 0 Å². The average molecular weight is 333 g/mol. The van der Waals surface area contributed by atoms with E-state index in [4.69, 9.17) is 4.74 Å². The Morgan fingerprint density at radius 1 is 1.00 bits per heavy atom. The molecule has 0 bridgehead atoms. The van der Waals surface area contributed by atoms with Crippen molar-refractivity contribution in [2.75, 3.05) is 6.61 Å². The summed E-state index contributed by atoms with van der Waals surface area (Å²) in [7, 11) is 0. The van der Waals surface area contributed by atoms with Crippen LogP contribution in [0.4, 0.5) is 0 Å². The fraction of sp³-hybridized carbons (Fsp3) is 0.333. The van der Waals surface area contributed by atoms with Crippen LogP contribution in [-0.2, 0) is 6.42 Å². The standard InChI is InChI=1S/C18H21BrO/c1-4-20-18-10-7-14(3)11-16(18)17(19)12-15-8-5-13(2)6-9-15/h5-11,17H,4,12H2,1-3H3. The second-order valence-corrected chi connectivity index (χ2v) is 6.24. The molecule has 2 rings (SSSR count). The van der Waals surface area contributed by atoms with Gasteiger partial charge in [-0.05, 0) is 38.8 Å². The predicted octanol–water partition coefficient (Wildman–Crippen LogP) is 5.38. The van der Waals surface area contributed by atoms with Gasteiger partial charge in [0.05, 0.1) is 6.61 Å². The lowest BCUT2D eigenvalue weighted by Gasteiger charge is -2.16. The largest absolute Gasteiger partial charge is 0.494 e. The summed E-state index contributed by atoms with van der Waals surface area (Å²) in [6.07, 6.45) is 0.962. The van der Waals surface area contributed by atoms with Gasteiger partial charge in [-0.15, -0.1) is 0 Å². The Hall–Kier alpha value is -1.28. The summed E-state index contributed by atoms with van der Waals surface area (Å²) in [6.45, 7) is 6.95. The zero-order valence-electron chi connectivity index (χ0n) is 12.3. The van der Waals surface area contributed by atoms with E-state index < -0.39 is 0 Å². The Balaban J connectivity index is 2.21. The zero-order valence-corrected chi connectivity index (χ0v) is 13.9. The lowest BCUT2D eigenvalue weighted by atomic mass is 10.0. The first kappa shape index (κ1) is 15.1. The van der Waals surface area contributed by atoms with E-state index in [1.165, 1.54) is 22.3 Å². The Bertz CT molecular complexity index is 560. The third kappa shape index (κ3) is 3.86. The normalized spacial score (nSPS) is 12.2. The second kappa shape index (κ2) is 6.94. The van der Waals surface area contributed by atoms with E-state index in [-0.39, 0.29) is 4.83 Å². The van der Waals surface area contributed by atoms with Gasteiger partial charge in [0.25, 0.3) is 0 Å². The van der Waals surface area contributed by atoms with Gasteiger partial charge in [0.2, 0.25) is 0 Å². The second-order valence-electron chi connectivity index (χ2n) is 5.13. The molecular formula is C18H21BrO. The molecule has 1 unspecified atom stereocenters. The summed E-state index contributed by atoms with van der Waals surface area (Å²) < 4.78 is 5.74. The van der Waals surface area contributed by atoms with E-state index in [1.54, 1.807) is 0 Å². The van der Waals surface area contributed by atoms with Crippen LogP contribution < -0.4 is 4.74 Å². The number of hydrogen-bond donors (Lipinski definition) is 0. The summed E-state index contributed by atoms with van der Waals surface area (Å²) in [5.74, 6) is 0.979. The van der Waals surface area contributed by atoms with Gasteiger partial charge in [0.15, 0.2) is 0 Å². The molecule has 0 aromatic heterocycles. The molecule has 2 aromatic rings. The SMILES string of the molecule is CCOc1ccc(C)cc1C(Br)Cc1ccc(C)cc1. The minimum atomic E-state index is 0.270. The van der Waals surface area contributed by atoms with Crippen LogP contribution in [0.15, 0.2) is 42.5 Å². The van der Waals surface area contributed by atoms with Crippen LogP contribution in [0.2, 0.25) is 0 Å². The van der Waals surface area contributed by atoms with Crippen molar-refractivity contribution in [1.82, 2.24) is 0 Å². The Morgan fingerprint density at radius 3 is 2.30 bits per heavy atom. The number of alkyl halides is 1. The van der Waals surface area contributed by atoms with Gasteiger partial charge in [-0.2, -0.15) is 0 Å². The third-order valence-electron chi connectivity index (χ3n) is 3.34. The topological polar surface area (TPSA) is 9.23 Å². The number of ether oxygens (including phenoxy) is 1. The fourth-order valence-electron chi connectivity index (χ4n) is 2.24. The molecule has 2 heteroatoms. The average Bonchev–Trinajstić information content (AvgIpc) is 2.43. The van der Waals surface area contributed by atoms with Crippen LogP contribution in [0, 0.1) is 13.8 Å². The summed E-state index contributed by atoms with van der Waals surface area (Å²) >= 11 is 3.82. The molecule has 0 aliphatic carbocycles. The monoisotopic (exact) mass is 332 g/mol. The molecule has 0 heterocycles. The van der Waals surface area contributed by atoms with Crippen molar-refractivity contribution < 1.29 is 4.74 Å². The van der Waals surface area contributed by atoms with Gasteiger partial charge in [0, 0.05) is 10.4 Å². The lowest BCUT2D eigenvalue weighted by Crippen LogP contribution is -2.01. The van der Waals surface area contributed by atoms with Crippen LogP contribution in [0.1, 0.15) is 34.0 Å². The number of aryl methyl sites for hydroxylation is 2. The number of halogens is 1. The highest BCUT2D eigenvalue weighted by atomic mass is 79.9. The van der Waals surface area contributed by atoms with E-state index in [0.717, 1.165) is 12.2 Å². The molecule has 1 atom stereocenters. The van der Waals surface area contributed by atoms with E-state index in [0.29, 0.717) is 6.61 Å². The third-order valence-corrected chi connectivity index (χ3v) is 4.16. The van der Waals surface area contributed by atoms with Crippen molar-refractivity contribution in [3.05, 3.63) is 64.7 Å². The maximum atomic E-state index is 5.74. The summed E-state index contributed by atoms with van der Waals surface area (Å²) in [4.78, 5) is 0.270. The van der Waals surface area contributed by atoms with Gasteiger partial charge in [-0.1, -0.05) is 63.5 Å². The first-order valence-electron chi connectivity index (χ1n) is 7.03. The van der Waals surface area contributed by atoms with Crippen LogP contribution in [-0.4, -0.2) is 6.61 Å². The Morgan fingerprint density at radius 2 is 1.65 bits per heavy atom. The lowest BCUT2D eigenvalue weighted by molar-refractivity contribution is 0.336. The van der Waals surface area contributed by atoms with Crippen molar-refractivity contribution in [1.29, 1.82) is 0 Å². The molecule has 0 amide bonds. The van der Waals surface area contributed by atoms with E-state index in [9.17, 15) is 0 Å². The van der Waals surface area contributed by atoms with Crippen LogP contribution in [0.3, 0.4) is 0 Å². The molecule has 2 aromatic carbocycles. The highest BCUT2D eigenvalue weighted by Crippen LogP contribution is 2.34. The molecule has 0 radical (unpaired) electrons. The molecule has 0 saturated heterocycles. The van der Waals surface area contributed by atoms with E-state index in [2.05, 4.69) is 72.2 Å². The summed E-state index contributed by atoms with van der Waals surface area (Å²) in [5.41, 5.74) is 5.12. The van der Waals surface area contributed by atoms with Crippen molar-refractivity contribution in [3.63, 3.8) is 0 Å². The molecule has 0 N–H and O–H groups in total. The van der Waals surface area contributed by atoms with Gasteiger partial charge in [0.1, 0.15) is 5.75 Å². The van der Waals surface area contributed by atoms with E-state index in [1.807, 2.05) is 6.92 Å². The smallest absolute Gasteiger partial charge is 0.123 e. The number of benzene rings is 2. The molecule has 0 saturated carbocycles. The summed E-state index contributed by atoms with van der Waals surface area (Å²) in [6, 6.07) is 15.1. The van der Waals surface area contributed by atoms with Crippen LogP contribution in [0.5, 0.6) is 5.75 Å². The highest BCUT2D eigenvalue weighted by molar-refractivity contribution is 9.09. The first-order valence-corrected chi connectivity index (χ1v) is 7.94. The minimum absolute atomic E-state index is 0.270. The molecule has 0 fully saturated rings. The maximum Gasteiger partial charge on any atom is 0.123 e. The number of rotatable bonds is 5. The number of hydrogen-bond acceptors (Lipinski definition) is 1. The Labute approximate surface area is 130 Å². The molecule has 0 aliphatic rings. The maximum absolute atomic E-state index is 5.74. The van der Waals surface area contributed by atoms with Crippen LogP contribution >= 0.6 is 15.9 Å². The summed E-state index contributed by atoms with van der Waals surface area (Å²) in [5, 5.41) is 0. The first-order chi connectivity index (χ1) is 9.60. The minimum Gasteiger partial charge on any atom is -0.494 e.